The highest BCUT2D eigenvalue weighted by Gasteiger charge is 2.34. The van der Waals surface area contributed by atoms with Crippen molar-refractivity contribution in [3.8, 4) is 0 Å². The molecule has 0 amide bonds. The quantitative estimate of drug-likeness (QED) is 0.758. The van der Waals surface area contributed by atoms with Crippen molar-refractivity contribution in [2.24, 2.45) is 0 Å². The zero-order chi connectivity index (χ0) is 13.4. The Bertz CT molecular complexity index is 506. The summed E-state index contributed by atoms with van der Waals surface area (Å²) in [7, 11) is -6.69. The van der Waals surface area contributed by atoms with E-state index >= 15 is 0 Å². The molecule has 2 unspecified atom stereocenters. The zero-order valence-corrected chi connectivity index (χ0v) is 13.4. The van der Waals surface area contributed by atoms with E-state index in [4.69, 9.17) is 0 Å². The average molecular weight is 333 g/mol. The normalized spacial score (nSPS) is 28.7. The number of nitrogens with one attached hydrogen (secondary N) is 1. The molecular formula is C10H21ClN2O4S2. The number of hydrogen-bond donors (Lipinski definition) is 1. The van der Waals surface area contributed by atoms with Gasteiger partial charge in [0.2, 0.25) is 10.0 Å². The minimum atomic E-state index is -3.45. The minimum Gasteiger partial charge on any atom is -0.310 e. The molecular weight excluding hydrogens is 312 g/mol. The molecule has 0 spiro atoms. The second kappa shape index (κ2) is 6.26. The molecule has 2 fully saturated rings. The van der Waals surface area contributed by atoms with Gasteiger partial charge in [-0.25, -0.2) is 21.1 Å². The Labute approximate surface area is 121 Å². The fourth-order valence-corrected chi connectivity index (χ4v) is 5.65. The van der Waals surface area contributed by atoms with Gasteiger partial charge in [-0.05, 0) is 19.3 Å². The van der Waals surface area contributed by atoms with E-state index in [1.54, 1.807) is 0 Å². The van der Waals surface area contributed by atoms with Gasteiger partial charge in [0.15, 0.2) is 0 Å². The largest absolute Gasteiger partial charge is 0.310 e. The Hall–Kier alpha value is 0.110. The molecule has 9 heteroatoms. The van der Waals surface area contributed by atoms with Crippen LogP contribution in [0.5, 0.6) is 0 Å². The third kappa shape index (κ3) is 4.86. The van der Waals surface area contributed by atoms with Gasteiger partial charge in [0.05, 0.1) is 11.5 Å². The van der Waals surface area contributed by atoms with Crippen LogP contribution in [0, 0.1) is 0 Å². The third-order valence-electron chi connectivity index (χ3n) is 3.59. The van der Waals surface area contributed by atoms with E-state index in [-0.39, 0.29) is 30.0 Å². The van der Waals surface area contributed by atoms with E-state index in [2.05, 4.69) is 5.32 Å². The maximum Gasteiger partial charge on any atom is 0.215 e. The number of rotatable bonds is 4. The summed E-state index contributed by atoms with van der Waals surface area (Å²) in [5.74, 6) is -0.601. The van der Waals surface area contributed by atoms with E-state index in [0.29, 0.717) is 19.1 Å². The van der Waals surface area contributed by atoms with Gasteiger partial charge in [-0.1, -0.05) is 0 Å². The lowest BCUT2D eigenvalue weighted by Gasteiger charge is -2.23. The molecule has 1 N–H and O–H groups in total. The molecule has 2 heterocycles. The van der Waals surface area contributed by atoms with Crippen LogP contribution in [0.25, 0.3) is 0 Å². The lowest BCUT2D eigenvalue weighted by atomic mass is 10.1. The second-order valence-corrected chi connectivity index (χ2v) is 9.58. The van der Waals surface area contributed by atoms with Crippen molar-refractivity contribution in [3.63, 3.8) is 0 Å². The molecule has 0 aromatic carbocycles. The van der Waals surface area contributed by atoms with Gasteiger partial charge in [-0.2, -0.15) is 0 Å². The van der Waals surface area contributed by atoms with Crippen LogP contribution in [-0.2, 0) is 19.9 Å². The van der Waals surface area contributed by atoms with Crippen LogP contribution >= 0.6 is 12.4 Å². The van der Waals surface area contributed by atoms with Crippen molar-refractivity contribution in [1.29, 1.82) is 0 Å². The number of nitrogens with zero attached hydrogens (tertiary/aromatic N) is 1. The van der Waals surface area contributed by atoms with Crippen LogP contribution in [0.2, 0.25) is 0 Å². The van der Waals surface area contributed by atoms with Crippen molar-refractivity contribution < 1.29 is 16.8 Å². The summed E-state index contributed by atoms with van der Waals surface area (Å²) in [4.78, 5) is 0. The zero-order valence-electron chi connectivity index (χ0n) is 10.9. The number of halogens is 1. The first-order valence-corrected chi connectivity index (χ1v) is 9.85. The summed E-state index contributed by atoms with van der Waals surface area (Å²) in [6.45, 7) is 0.975. The van der Waals surface area contributed by atoms with Crippen molar-refractivity contribution in [2.45, 2.75) is 31.3 Å². The lowest BCUT2D eigenvalue weighted by Crippen LogP contribution is -2.41. The monoisotopic (exact) mass is 332 g/mol. The van der Waals surface area contributed by atoms with Crippen molar-refractivity contribution in [2.75, 3.05) is 30.9 Å². The van der Waals surface area contributed by atoms with Crippen molar-refractivity contribution >= 4 is 32.3 Å². The van der Waals surface area contributed by atoms with Gasteiger partial charge in [-0.3, -0.25) is 0 Å². The van der Waals surface area contributed by atoms with E-state index in [1.807, 2.05) is 0 Å². The summed E-state index contributed by atoms with van der Waals surface area (Å²) >= 11 is 0. The summed E-state index contributed by atoms with van der Waals surface area (Å²) in [5.41, 5.74) is 0. The predicted molar refractivity (Wildman–Crippen MR) is 76.9 cm³/mol. The number of hydrogen-bond acceptors (Lipinski definition) is 5. The maximum absolute atomic E-state index is 12.1. The first-order valence-electron chi connectivity index (χ1n) is 6.18. The van der Waals surface area contributed by atoms with E-state index in [1.165, 1.54) is 4.31 Å². The van der Waals surface area contributed by atoms with Gasteiger partial charge < -0.3 is 5.32 Å². The minimum absolute atomic E-state index is 0. The Kier molecular flexibility index (Phi) is 5.65. The van der Waals surface area contributed by atoms with Gasteiger partial charge >= 0.3 is 0 Å². The first kappa shape index (κ1) is 17.2. The molecule has 2 aliphatic heterocycles. The highest BCUT2D eigenvalue weighted by atomic mass is 35.5. The fourth-order valence-electron chi connectivity index (χ4n) is 2.55. The topological polar surface area (TPSA) is 83.5 Å². The maximum atomic E-state index is 12.1. The summed E-state index contributed by atoms with van der Waals surface area (Å²) in [6.07, 6.45) is 3.99. The molecule has 0 radical (unpaired) electrons. The molecule has 2 aliphatic rings. The Morgan fingerprint density at radius 1 is 1.05 bits per heavy atom. The Balaban J connectivity index is 0.00000180. The molecule has 2 saturated heterocycles. The molecule has 0 aromatic heterocycles. The van der Waals surface area contributed by atoms with E-state index < -0.39 is 19.9 Å². The molecule has 0 aromatic rings. The lowest BCUT2D eigenvalue weighted by molar-refractivity contribution is 0.384. The van der Waals surface area contributed by atoms with Gasteiger partial charge in [0, 0.05) is 31.4 Å². The Morgan fingerprint density at radius 2 is 1.68 bits per heavy atom. The highest BCUT2D eigenvalue weighted by molar-refractivity contribution is 7.93. The fraction of sp³-hybridized carbons (Fsp3) is 1.00. The van der Waals surface area contributed by atoms with E-state index in [0.717, 1.165) is 25.5 Å². The smallest absolute Gasteiger partial charge is 0.215 e. The molecule has 19 heavy (non-hydrogen) atoms. The van der Waals surface area contributed by atoms with Crippen LogP contribution in [0.3, 0.4) is 0 Å². The molecule has 2 bridgehead atoms. The first-order chi connectivity index (χ1) is 8.26. The molecule has 2 atom stereocenters. The van der Waals surface area contributed by atoms with E-state index in [9.17, 15) is 16.8 Å². The molecule has 6 nitrogen and oxygen atoms in total. The summed E-state index contributed by atoms with van der Waals surface area (Å²) < 4.78 is 47.8. The molecule has 0 aliphatic carbocycles. The third-order valence-corrected chi connectivity index (χ3v) is 6.63. The predicted octanol–water partition coefficient (Wildman–Crippen LogP) is -0.391. The van der Waals surface area contributed by atoms with Crippen LogP contribution in [0.15, 0.2) is 0 Å². The summed E-state index contributed by atoms with van der Waals surface area (Å²) in [5, 5.41) is 3.40. The Morgan fingerprint density at radius 3 is 2.32 bits per heavy atom. The molecule has 0 saturated carbocycles. The summed E-state index contributed by atoms with van der Waals surface area (Å²) in [6, 6.07) is 0.649. The average Bonchev–Trinajstić information content (AvgIpc) is 2.54. The SMILES string of the molecule is CS(=O)(=O)CCS(=O)(=O)N1CCC2CCC(C1)N2.Cl. The van der Waals surface area contributed by atoms with Crippen molar-refractivity contribution in [1.82, 2.24) is 9.62 Å². The molecule has 114 valence electrons. The van der Waals surface area contributed by atoms with Gasteiger partial charge in [-0.15, -0.1) is 12.4 Å². The van der Waals surface area contributed by atoms with Gasteiger partial charge in [0.1, 0.15) is 9.84 Å². The second-order valence-electron chi connectivity index (χ2n) is 5.23. The van der Waals surface area contributed by atoms with Crippen molar-refractivity contribution in [3.05, 3.63) is 0 Å². The number of sulfone groups is 1. The molecule has 2 rings (SSSR count). The number of sulfonamides is 1. The highest BCUT2D eigenvalue weighted by Crippen LogP contribution is 2.22. The standard InChI is InChI=1S/C10H20N2O4S2.ClH/c1-17(13,14)6-7-18(15,16)12-5-4-9-2-3-10(8-12)11-9;/h9-11H,2-8H2,1H3;1H. The van der Waals surface area contributed by atoms with Crippen LogP contribution < -0.4 is 5.32 Å². The number of fused-ring (bicyclic) bond motifs is 2. The van der Waals surface area contributed by atoms with Crippen LogP contribution in [0.4, 0.5) is 0 Å². The van der Waals surface area contributed by atoms with Crippen LogP contribution in [0.1, 0.15) is 19.3 Å². The van der Waals surface area contributed by atoms with Gasteiger partial charge in [0.25, 0.3) is 0 Å². The van der Waals surface area contributed by atoms with Crippen LogP contribution in [-0.4, -0.2) is 64.1 Å².